The number of fused-ring (bicyclic) bond motifs is 4. The summed E-state index contributed by atoms with van der Waals surface area (Å²) in [5.74, 6) is -7.32. The van der Waals surface area contributed by atoms with Gasteiger partial charge in [-0.25, -0.2) is 0 Å². The van der Waals surface area contributed by atoms with E-state index in [1.807, 2.05) is 36.4 Å². The van der Waals surface area contributed by atoms with Crippen LogP contribution in [-0.4, -0.2) is 28.6 Å². The van der Waals surface area contributed by atoms with Crippen LogP contribution in [0.5, 0.6) is 0 Å². The number of alkyl halides is 5. The van der Waals surface area contributed by atoms with Crippen molar-refractivity contribution in [1.82, 2.24) is 0 Å². The summed E-state index contributed by atoms with van der Waals surface area (Å²) in [6, 6.07) is 11.1. The zero-order valence-corrected chi connectivity index (χ0v) is 22.6. The number of nitrogens with zero attached hydrogens (tertiary/aromatic N) is 2. The highest BCUT2D eigenvalue weighted by molar-refractivity contribution is 5.93. The van der Waals surface area contributed by atoms with Crippen LogP contribution in [0, 0.1) is 45.8 Å². The maximum absolute atomic E-state index is 15.1. The minimum atomic E-state index is -5.88. The van der Waals surface area contributed by atoms with E-state index >= 15 is 8.78 Å². The topological polar surface area (TPSA) is 84.9 Å². The van der Waals surface area contributed by atoms with E-state index < -0.39 is 47.3 Å². The number of ketones is 1. The molecule has 0 aliphatic heterocycles. The van der Waals surface area contributed by atoms with Crippen molar-refractivity contribution < 1.29 is 31.9 Å². The van der Waals surface area contributed by atoms with Crippen LogP contribution in [0.4, 0.5) is 22.0 Å². The predicted octanol–water partition coefficient (Wildman–Crippen LogP) is 7.58. The molecule has 2 fully saturated rings. The molecule has 2 unspecified atom stereocenters. The highest BCUT2D eigenvalue weighted by Crippen LogP contribution is 2.70. The molecule has 9 heteroatoms. The molecule has 1 N–H and O–H groups in total. The van der Waals surface area contributed by atoms with Gasteiger partial charge in [0.05, 0.1) is 12.1 Å². The van der Waals surface area contributed by atoms with Gasteiger partial charge in [-0.05, 0) is 85.1 Å². The Bertz CT molecular complexity index is 1400. The lowest BCUT2D eigenvalue weighted by atomic mass is 9.50. The van der Waals surface area contributed by atoms with Gasteiger partial charge < -0.3 is 5.11 Å². The molecule has 41 heavy (non-hydrogen) atoms. The van der Waals surface area contributed by atoms with Gasteiger partial charge in [0.25, 0.3) is 0 Å². The standard InChI is InChI=1S/C32H31F5N2O2/c1-29-16-26(21-7-5-19(6-8-21)3-2-4-20(17-38)18-39)28-24-12-10-23(40)15-22(24)9-11-25(28)27(29)13-14-30(29,41)31(33,34)32(35,36)37/h2-3,5-8,15,20,25-27,41H,4,9-14,16H2,1H3/b3-2+/t25?,26-,27?,29+,30+/m1/s1. The number of benzene rings is 1. The summed E-state index contributed by atoms with van der Waals surface area (Å²) in [5.41, 5.74) is -0.426. The first-order chi connectivity index (χ1) is 19.3. The van der Waals surface area contributed by atoms with Crippen LogP contribution in [0.3, 0.4) is 0 Å². The Morgan fingerprint density at radius 1 is 1.07 bits per heavy atom. The third-order valence-electron chi connectivity index (χ3n) is 10.1. The van der Waals surface area contributed by atoms with Crippen LogP contribution in [0.15, 0.2) is 53.1 Å². The first-order valence-electron chi connectivity index (χ1n) is 14.0. The third-order valence-corrected chi connectivity index (χ3v) is 10.1. The summed E-state index contributed by atoms with van der Waals surface area (Å²) in [6.07, 6.45) is 0.799. The lowest BCUT2D eigenvalue weighted by Gasteiger charge is -2.56. The van der Waals surface area contributed by atoms with Crippen molar-refractivity contribution in [1.29, 1.82) is 10.5 Å². The SMILES string of the molecule is C[C@]12C[C@H](c3ccc(/C=C/CC(C#N)C#N)cc3)C3=C4CCC(=O)C=C4CCC3C1CC[C@@]2(O)C(F)(F)C(F)(F)F. The van der Waals surface area contributed by atoms with E-state index in [9.17, 15) is 23.1 Å². The van der Waals surface area contributed by atoms with Crippen molar-refractivity contribution in [3.05, 3.63) is 64.3 Å². The predicted molar refractivity (Wildman–Crippen MR) is 141 cm³/mol. The normalized spacial score (nSPS) is 31.8. The summed E-state index contributed by atoms with van der Waals surface area (Å²) in [7, 11) is 0. The van der Waals surface area contributed by atoms with Gasteiger partial charge >= 0.3 is 12.1 Å². The smallest absolute Gasteiger partial charge is 0.383 e. The van der Waals surface area contributed by atoms with Gasteiger partial charge in [0.1, 0.15) is 11.5 Å². The maximum Gasteiger partial charge on any atom is 0.456 e. The molecule has 0 amide bonds. The van der Waals surface area contributed by atoms with Crippen molar-refractivity contribution >= 4 is 11.9 Å². The second-order valence-electron chi connectivity index (χ2n) is 12.1. The number of rotatable bonds is 5. The largest absolute Gasteiger partial charge is 0.456 e. The van der Waals surface area contributed by atoms with Crippen LogP contribution >= 0.6 is 0 Å². The van der Waals surface area contributed by atoms with Crippen LogP contribution in [0.25, 0.3) is 6.08 Å². The van der Waals surface area contributed by atoms with Crippen molar-refractivity contribution in [3.63, 3.8) is 0 Å². The van der Waals surface area contributed by atoms with E-state index in [4.69, 9.17) is 10.5 Å². The molecular weight excluding hydrogens is 539 g/mol. The average Bonchev–Trinajstić information content (AvgIpc) is 3.21. The van der Waals surface area contributed by atoms with Crippen LogP contribution in [0.2, 0.25) is 0 Å². The molecule has 4 aliphatic carbocycles. The zero-order valence-electron chi connectivity index (χ0n) is 22.6. The Labute approximate surface area is 235 Å². The van der Waals surface area contributed by atoms with Gasteiger partial charge in [-0.1, -0.05) is 48.9 Å². The molecule has 5 rings (SSSR count). The van der Waals surface area contributed by atoms with Crippen molar-refractivity contribution in [2.75, 3.05) is 0 Å². The number of nitriles is 2. The number of allylic oxidation sites excluding steroid dienone is 5. The zero-order chi connectivity index (χ0) is 29.8. The van der Waals surface area contributed by atoms with E-state index in [0.717, 1.165) is 27.8 Å². The molecule has 1 aromatic carbocycles. The summed E-state index contributed by atoms with van der Waals surface area (Å²) >= 11 is 0. The van der Waals surface area contributed by atoms with Crippen LogP contribution in [-0.2, 0) is 4.79 Å². The summed E-state index contributed by atoms with van der Waals surface area (Å²) in [6.45, 7) is 1.41. The van der Waals surface area contributed by atoms with Crippen molar-refractivity contribution in [2.45, 2.75) is 81.9 Å². The minimum Gasteiger partial charge on any atom is -0.383 e. The second kappa shape index (κ2) is 10.2. The molecule has 4 nitrogen and oxygen atoms in total. The van der Waals surface area contributed by atoms with E-state index in [2.05, 4.69) is 0 Å². The lowest BCUT2D eigenvalue weighted by Crippen LogP contribution is -2.65. The monoisotopic (exact) mass is 570 g/mol. The number of halogens is 5. The Morgan fingerprint density at radius 2 is 1.76 bits per heavy atom. The highest BCUT2D eigenvalue weighted by Gasteiger charge is 2.79. The molecule has 5 atom stereocenters. The molecule has 1 aromatic rings. The first-order valence-corrected chi connectivity index (χ1v) is 14.0. The summed E-state index contributed by atoms with van der Waals surface area (Å²) < 4.78 is 71.3. The quantitative estimate of drug-likeness (QED) is 0.370. The van der Waals surface area contributed by atoms with E-state index in [1.54, 1.807) is 18.2 Å². The van der Waals surface area contributed by atoms with Gasteiger partial charge in [-0.15, -0.1) is 0 Å². The molecule has 0 radical (unpaired) electrons. The second-order valence-corrected chi connectivity index (χ2v) is 12.1. The number of aliphatic hydroxyl groups is 1. The van der Waals surface area contributed by atoms with Gasteiger partial charge in [0.15, 0.2) is 5.78 Å². The molecule has 0 heterocycles. The molecule has 0 bridgehead atoms. The number of hydrogen-bond acceptors (Lipinski definition) is 4. The van der Waals surface area contributed by atoms with Gasteiger partial charge in [0, 0.05) is 17.8 Å². The van der Waals surface area contributed by atoms with Gasteiger partial charge in [-0.3, -0.25) is 4.79 Å². The minimum absolute atomic E-state index is 0.0335. The number of hydrogen-bond donors (Lipinski definition) is 1. The molecule has 0 aromatic heterocycles. The molecule has 216 valence electrons. The molecule has 0 saturated heterocycles. The Balaban J connectivity index is 1.58. The molecule has 2 saturated carbocycles. The maximum atomic E-state index is 15.1. The Kier molecular flexibility index (Phi) is 7.27. The van der Waals surface area contributed by atoms with Crippen LogP contribution < -0.4 is 0 Å². The fraction of sp³-hybridized carbons (Fsp3) is 0.531. The molecule has 0 spiro atoms. The van der Waals surface area contributed by atoms with E-state index in [1.165, 1.54) is 6.92 Å². The Morgan fingerprint density at radius 3 is 2.39 bits per heavy atom. The van der Waals surface area contributed by atoms with Gasteiger partial charge in [0.2, 0.25) is 0 Å². The third kappa shape index (κ3) is 4.54. The van der Waals surface area contributed by atoms with Crippen molar-refractivity contribution in [3.8, 4) is 12.1 Å². The van der Waals surface area contributed by atoms with E-state index in [-0.39, 0.29) is 31.0 Å². The molecular formula is C32H31F5N2O2. The highest BCUT2D eigenvalue weighted by atomic mass is 19.4. The first kappa shape index (κ1) is 29.2. The fourth-order valence-corrected chi connectivity index (χ4v) is 8.03. The summed E-state index contributed by atoms with van der Waals surface area (Å²) in [4.78, 5) is 12.2. The van der Waals surface area contributed by atoms with Gasteiger partial charge in [-0.2, -0.15) is 32.5 Å². The van der Waals surface area contributed by atoms with E-state index in [0.29, 0.717) is 25.7 Å². The lowest BCUT2D eigenvalue weighted by molar-refractivity contribution is -0.362. The van der Waals surface area contributed by atoms with Crippen molar-refractivity contribution in [2.24, 2.45) is 23.2 Å². The molecule has 4 aliphatic rings. The average molecular weight is 571 g/mol. The summed E-state index contributed by atoms with van der Waals surface area (Å²) in [5, 5.41) is 29.3. The Hall–Kier alpha value is -3.30. The number of carbonyl (C=O) groups excluding carboxylic acids is 1. The fourth-order valence-electron chi connectivity index (χ4n) is 8.03. The number of carbonyl (C=O) groups is 1. The van der Waals surface area contributed by atoms with Crippen LogP contribution in [0.1, 0.15) is 75.3 Å².